The van der Waals surface area contributed by atoms with Gasteiger partial charge in [-0.2, -0.15) is 0 Å². The summed E-state index contributed by atoms with van der Waals surface area (Å²) in [5.41, 5.74) is 0.512. The second-order valence-corrected chi connectivity index (χ2v) is 9.14. The monoisotopic (exact) mass is 455 g/mol. The number of nitrogens with one attached hydrogen (secondary N) is 2. The summed E-state index contributed by atoms with van der Waals surface area (Å²) in [6, 6.07) is 9.87. The fraction of sp³-hybridized carbons (Fsp3) is 0.560. The van der Waals surface area contributed by atoms with Crippen LogP contribution in [0.25, 0.3) is 0 Å². The highest BCUT2D eigenvalue weighted by Gasteiger charge is 2.37. The Morgan fingerprint density at radius 2 is 1.94 bits per heavy atom. The topological polar surface area (TPSA) is 113 Å². The fourth-order valence-corrected chi connectivity index (χ4v) is 5.14. The van der Waals surface area contributed by atoms with E-state index < -0.39 is 29.7 Å². The van der Waals surface area contributed by atoms with Crippen LogP contribution in [-0.2, 0) is 16.0 Å². The third-order valence-corrected chi connectivity index (χ3v) is 6.98. The minimum atomic E-state index is -0.830. The van der Waals surface area contributed by atoms with Crippen molar-refractivity contribution in [3.63, 3.8) is 0 Å². The number of aromatic nitrogens is 2. The molecule has 33 heavy (non-hydrogen) atoms. The lowest BCUT2D eigenvalue weighted by molar-refractivity contribution is -0.125. The van der Waals surface area contributed by atoms with E-state index in [1.54, 1.807) is 0 Å². The smallest absolute Gasteiger partial charge is 0.330 e. The normalized spacial score (nSPS) is 24.5. The summed E-state index contributed by atoms with van der Waals surface area (Å²) in [6.45, 7) is 1.99. The van der Waals surface area contributed by atoms with Gasteiger partial charge in [0, 0.05) is 24.7 Å². The van der Waals surface area contributed by atoms with Crippen molar-refractivity contribution >= 4 is 5.91 Å². The predicted octanol–water partition coefficient (Wildman–Crippen LogP) is 2.23. The van der Waals surface area contributed by atoms with Crippen LogP contribution >= 0.6 is 0 Å². The Hall–Kier alpha value is -2.71. The molecule has 3 N–H and O–H groups in total. The highest BCUT2D eigenvalue weighted by atomic mass is 16.5. The number of carbonyl (C=O) groups excluding carboxylic acids is 1. The number of aliphatic hydroxyl groups is 1. The Morgan fingerprint density at radius 1 is 1.21 bits per heavy atom. The molecule has 2 heterocycles. The first-order valence-electron chi connectivity index (χ1n) is 12.0. The van der Waals surface area contributed by atoms with Crippen LogP contribution in [0.4, 0.5) is 0 Å². The van der Waals surface area contributed by atoms with Crippen LogP contribution < -0.4 is 16.6 Å². The number of ether oxygens (including phenoxy) is 1. The van der Waals surface area contributed by atoms with Gasteiger partial charge in [-0.05, 0) is 30.7 Å². The Labute approximate surface area is 193 Å². The van der Waals surface area contributed by atoms with E-state index >= 15 is 0 Å². The molecule has 8 heteroatoms. The van der Waals surface area contributed by atoms with Gasteiger partial charge in [-0.3, -0.25) is 19.1 Å². The van der Waals surface area contributed by atoms with Crippen LogP contribution in [0.1, 0.15) is 68.7 Å². The van der Waals surface area contributed by atoms with E-state index in [4.69, 9.17) is 4.74 Å². The molecule has 1 amide bonds. The average molecular weight is 456 g/mol. The first-order valence-corrected chi connectivity index (χ1v) is 12.0. The Bertz CT molecular complexity index is 1060. The number of aliphatic hydroxyl groups excluding tert-OH is 1. The van der Waals surface area contributed by atoms with Crippen LogP contribution in [-0.4, -0.2) is 39.3 Å². The molecule has 0 radical (unpaired) electrons. The molecule has 2 aromatic rings. The van der Waals surface area contributed by atoms with Gasteiger partial charge in [0.15, 0.2) is 0 Å². The minimum Gasteiger partial charge on any atom is -0.390 e. The zero-order chi connectivity index (χ0) is 23.4. The molecule has 1 aromatic heterocycles. The van der Waals surface area contributed by atoms with Crippen molar-refractivity contribution in [2.45, 2.75) is 76.2 Å². The molecule has 0 spiro atoms. The van der Waals surface area contributed by atoms with Gasteiger partial charge in [0.2, 0.25) is 5.91 Å². The van der Waals surface area contributed by atoms with E-state index in [9.17, 15) is 19.5 Å². The van der Waals surface area contributed by atoms with Gasteiger partial charge in [-0.15, -0.1) is 0 Å². The molecule has 1 saturated heterocycles. The maximum Gasteiger partial charge on any atom is 0.330 e. The summed E-state index contributed by atoms with van der Waals surface area (Å²) in [5, 5.41) is 13.5. The highest BCUT2D eigenvalue weighted by molar-refractivity contribution is 5.84. The summed E-state index contributed by atoms with van der Waals surface area (Å²) in [6.07, 6.45) is 5.59. The molecule has 2 unspecified atom stereocenters. The molecule has 0 bridgehead atoms. The van der Waals surface area contributed by atoms with Gasteiger partial charge in [-0.1, -0.05) is 56.5 Å². The van der Waals surface area contributed by atoms with Crippen molar-refractivity contribution in [2.24, 2.45) is 5.92 Å². The van der Waals surface area contributed by atoms with Gasteiger partial charge in [-0.25, -0.2) is 4.79 Å². The standard InChI is InChI=1S/C25H33N3O5/c1-2-16-15-28(25(32)27-23(16)30)21-13-19(29)20(33-21)14-26-24(31)22(17-9-5-3-6-10-17)18-11-7-4-8-12-18/h3,5-6,9-10,15,18-22,29H,2,4,7-8,11-14H2,1H3,(H,26,31)(H,27,30,32)/t19?,20-,21-,22?/m0/s1. The summed E-state index contributed by atoms with van der Waals surface area (Å²) in [4.78, 5) is 39.7. The second-order valence-electron chi connectivity index (χ2n) is 9.14. The summed E-state index contributed by atoms with van der Waals surface area (Å²) < 4.78 is 7.26. The minimum absolute atomic E-state index is 0.0539. The van der Waals surface area contributed by atoms with Gasteiger partial charge < -0.3 is 15.2 Å². The predicted molar refractivity (Wildman–Crippen MR) is 124 cm³/mol. The van der Waals surface area contributed by atoms with Gasteiger partial charge in [0.1, 0.15) is 12.3 Å². The molecule has 4 atom stereocenters. The maximum atomic E-state index is 13.3. The van der Waals surface area contributed by atoms with Crippen LogP contribution in [0.2, 0.25) is 0 Å². The average Bonchev–Trinajstić information content (AvgIpc) is 3.19. The lowest BCUT2D eigenvalue weighted by Crippen LogP contribution is -2.41. The fourth-order valence-electron chi connectivity index (χ4n) is 5.14. The molecule has 1 aliphatic carbocycles. The van der Waals surface area contributed by atoms with Gasteiger partial charge in [0.25, 0.3) is 5.56 Å². The summed E-state index contributed by atoms with van der Waals surface area (Å²) in [5.74, 6) is 0.0205. The molecular weight excluding hydrogens is 422 g/mol. The number of aromatic amines is 1. The first kappa shape index (κ1) is 23.4. The number of rotatable bonds is 7. The summed E-state index contributed by atoms with van der Waals surface area (Å²) in [7, 11) is 0. The molecule has 1 saturated carbocycles. The van der Waals surface area contributed by atoms with Crippen LogP contribution in [0, 0.1) is 5.92 Å². The quantitative estimate of drug-likeness (QED) is 0.593. The van der Waals surface area contributed by atoms with Crippen LogP contribution in [0.15, 0.2) is 46.1 Å². The van der Waals surface area contributed by atoms with Crippen molar-refractivity contribution in [2.75, 3.05) is 6.54 Å². The zero-order valence-corrected chi connectivity index (χ0v) is 19.0. The van der Waals surface area contributed by atoms with E-state index in [1.807, 2.05) is 37.3 Å². The van der Waals surface area contributed by atoms with E-state index in [0.29, 0.717) is 17.9 Å². The Balaban J connectivity index is 1.44. The zero-order valence-electron chi connectivity index (χ0n) is 19.0. The van der Waals surface area contributed by atoms with Crippen molar-refractivity contribution in [3.8, 4) is 0 Å². The number of amides is 1. The number of hydrogen-bond acceptors (Lipinski definition) is 5. The van der Waals surface area contributed by atoms with Crippen molar-refractivity contribution in [3.05, 3.63) is 68.5 Å². The lowest BCUT2D eigenvalue weighted by atomic mass is 9.76. The largest absolute Gasteiger partial charge is 0.390 e. The van der Waals surface area contributed by atoms with Crippen molar-refractivity contribution < 1.29 is 14.6 Å². The number of H-pyrrole nitrogens is 1. The number of nitrogens with zero attached hydrogens (tertiary/aromatic N) is 1. The summed E-state index contributed by atoms with van der Waals surface area (Å²) >= 11 is 0. The number of aryl methyl sites for hydroxylation is 1. The van der Waals surface area contributed by atoms with Crippen molar-refractivity contribution in [1.29, 1.82) is 0 Å². The number of benzene rings is 1. The molecule has 8 nitrogen and oxygen atoms in total. The van der Waals surface area contributed by atoms with Gasteiger partial charge >= 0.3 is 5.69 Å². The maximum absolute atomic E-state index is 13.3. The van der Waals surface area contributed by atoms with E-state index in [-0.39, 0.29) is 24.8 Å². The Morgan fingerprint density at radius 3 is 2.64 bits per heavy atom. The molecule has 2 fully saturated rings. The van der Waals surface area contributed by atoms with Crippen molar-refractivity contribution in [1.82, 2.24) is 14.9 Å². The molecule has 178 valence electrons. The van der Waals surface area contributed by atoms with E-state index in [0.717, 1.165) is 31.2 Å². The highest BCUT2D eigenvalue weighted by Crippen LogP contribution is 2.36. The third kappa shape index (κ3) is 5.28. The number of carbonyl (C=O) groups is 1. The number of hydrogen-bond donors (Lipinski definition) is 3. The van der Waals surface area contributed by atoms with Crippen LogP contribution in [0.3, 0.4) is 0 Å². The molecule has 1 aromatic carbocycles. The first-order chi connectivity index (χ1) is 16.0. The lowest BCUT2D eigenvalue weighted by Gasteiger charge is -2.30. The SMILES string of the molecule is CCc1cn([C@@H]2CC(O)[C@H](CNC(=O)C(c3ccccc3)C3CCCCC3)O2)c(=O)[nH]c1=O. The Kier molecular flexibility index (Phi) is 7.45. The second kappa shape index (κ2) is 10.5. The third-order valence-electron chi connectivity index (χ3n) is 6.98. The van der Waals surface area contributed by atoms with E-state index in [1.165, 1.54) is 17.2 Å². The molecule has 2 aliphatic rings. The van der Waals surface area contributed by atoms with Gasteiger partial charge in [0.05, 0.1) is 12.0 Å². The molecular formula is C25H33N3O5. The molecule has 1 aliphatic heterocycles. The van der Waals surface area contributed by atoms with E-state index in [2.05, 4.69) is 10.3 Å². The molecule has 4 rings (SSSR count). The van der Waals surface area contributed by atoms with Crippen LogP contribution in [0.5, 0.6) is 0 Å².